The van der Waals surface area contributed by atoms with E-state index in [4.69, 9.17) is 9.97 Å². The lowest BCUT2D eigenvalue weighted by molar-refractivity contribution is 0.775. The number of pyridine rings is 1. The second-order valence-corrected chi connectivity index (χ2v) is 16.3. The summed E-state index contributed by atoms with van der Waals surface area (Å²) < 4.78 is 0. The first-order chi connectivity index (χ1) is 31.2. The molecule has 2 heterocycles. The van der Waals surface area contributed by atoms with Crippen LogP contribution >= 0.6 is 0 Å². The van der Waals surface area contributed by atoms with Crippen molar-refractivity contribution < 1.29 is 0 Å². The van der Waals surface area contributed by atoms with E-state index in [1.165, 1.54) is 60.7 Å². The standard InChI is InChI=1S/C60H39N3/c1-4-16-43(17-5-1)59-62-56(42-28-26-40(27-29-42)45-18-14-36-61-39-45)38-57(63-59)52-34-33-48(50-24-12-13-25-51(50)52)44-31-35-55-54(37-44)53-32-30-41-15-10-11-23-49(41)58(53)60(55,46-19-6-2-7-20-46)47-21-8-3-9-22-47/h1-39H. The summed E-state index contributed by atoms with van der Waals surface area (Å²) in [6, 6.07) is 81.1. The predicted molar refractivity (Wildman–Crippen MR) is 259 cm³/mol. The van der Waals surface area contributed by atoms with Crippen LogP contribution in [0.2, 0.25) is 0 Å². The van der Waals surface area contributed by atoms with Crippen LogP contribution in [0.4, 0.5) is 0 Å². The highest BCUT2D eigenvalue weighted by Gasteiger charge is 2.47. The first-order valence-electron chi connectivity index (χ1n) is 21.5. The van der Waals surface area contributed by atoms with E-state index in [9.17, 15) is 0 Å². The summed E-state index contributed by atoms with van der Waals surface area (Å²) in [6.07, 6.45) is 3.70. The Balaban J connectivity index is 1.03. The SMILES string of the molecule is c1ccc(-c2nc(-c3ccc(-c4cccnc4)cc3)cc(-c3ccc(-c4ccc5c(c4)-c4ccc6ccccc6c4C5(c4ccccc4)c4ccccc4)c4ccccc34)n2)cc1. The molecule has 0 saturated heterocycles. The molecule has 0 radical (unpaired) electrons. The molecule has 1 aliphatic carbocycles. The van der Waals surface area contributed by atoms with Gasteiger partial charge in [-0.15, -0.1) is 0 Å². The van der Waals surface area contributed by atoms with Gasteiger partial charge in [-0.25, -0.2) is 9.97 Å². The smallest absolute Gasteiger partial charge is 0.160 e. The molecule has 11 aromatic rings. The number of fused-ring (bicyclic) bond motifs is 6. The minimum absolute atomic E-state index is 0.501. The highest BCUT2D eigenvalue weighted by Crippen LogP contribution is 2.58. The van der Waals surface area contributed by atoms with Gasteiger partial charge < -0.3 is 0 Å². The fourth-order valence-electron chi connectivity index (χ4n) is 10.0. The lowest BCUT2D eigenvalue weighted by Crippen LogP contribution is -2.28. The molecule has 0 amide bonds. The Kier molecular flexibility index (Phi) is 8.72. The number of hydrogen-bond donors (Lipinski definition) is 0. The Labute approximate surface area is 366 Å². The molecule has 0 aliphatic heterocycles. The molecule has 294 valence electrons. The van der Waals surface area contributed by atoms with Gasteiger partial charge in [0.2, 0.25) is 0 Å². The first kappa shape index (κ1) is 36.6. The van der Waals surface area contributed by atoms with Crippen molar-refractivity contribution in [2.75, 3.05) is 0 Å². The number of rotatable bonds is 7. The average molecular weight is 802 g/mol. The molecule has 0 N–H and O–H groups in total. The maximum Gasteiger partial charge on any atom is 0.160 e. The van der Waals surface area contributed by atoms with Crippen molar-refractivity contribution >= 4 is 21.5 Å². The molecule has 0 atom stereocenters. The van der Waals surface area contributed by atoms with E-state index in [0.29, 0.717) is 5.82 Å². The Morgan fingerprint density at radius 3 is 1.62 bits per heavy atom. The lowest BCUT2D eigenvalue weighted by Gasteiger charge is -2.34. The highest BCUT2D eigenvalue weighted by atomic mass is 14.9. The molecule has 0 fully saturated rings. The molecule has 12 rings (SSSR count). The fourth-order valence-corrected chi connectivity index (χ4v) is 10.0. The Hall–Kier alpha value is -8.27. The van der Waals surface area contributed by atoms with Crippen molar-refractivity contribution in [1.29, 1.82) is 0 Å². The quantitative estimate of drug-likeness (QED) is 0.161. The van der Waals surface area contributed by atoms with Gasteiger partial charge in [-0.05, 0) is 95.4 Å². The molecule has 0 unspecified atom stereocenters. The summed E-state index contributed by atoms with van der Waals surface area (Å²) >= 11 is 0. The van der Waals surface area contributed by atoms with Gasteiger partial charge in [0.25, 0.3) is 0 Å². The average Bonchev–Trinajstić information content (AvgIpc) is 3.68. The first-order valence-corrected chi connectivity index (χ1v) is 21.5. The second kappa shape index (κ2) is 15.0. The zero-order valence-corrected chi connectivity index (χ0v) is 34.4. The predicted octanol–water partition coefficient (Wildman–Crippen LogP) is 14.9. The molecule has 3 heteroatoms. The van der Waals surface area contributed by atoms with Crippen LogP contribution in [-0.4, -0.2) is 15.0 Å². The molecular formula is C60H39N3. The van der Waals surface area contributed by atoms with E-state index < -0.39 is 5.41 Å². The summed E-state index contributed by atoms with van der Waals surface area (Å²) in [4.78, 5) is 14.7. The van der Waals surface area contributed by atoms with Crippen LogP contribution in [0.5, 0.6) is 0 Å². The number of aromatic nitrogens is 3. The van der Waals surface area contributed by atoms with Crippen LogP contribution in [-0.2, 0) is 5.41 Å². The monoisotopic (exact) mass is 801 g/mol. The van der Waals surface area contributed by atoms with Crippen molar-refractivity contribution in [3.8, 4) is 67.3 Å². The topological polar surface area (TPSA) is 38.7 Å². The van der Waals surface area contributed by atoms with Gasteiger partial charge in [-0.3, -0.25) is 4.98 Å². The molecule has 2 aromatic heterocycles. The normalized spacial score (nSPS) is 12.6. The van der Waals surface area contributed by atoms with Gasteiger partial charge in [0.1, 0.15) is 0 Å². The summed E-state index contributed by atoms with van der Waals surface area (Å²) in [5.74, 6) is 0.692. The van der Waals surface area contributed by atoms with Gasteiger partial charge in [0.15, 0.2) is 5.82 Å². The molecule has 1 aliphatic rings. The molecule has 3 nitrogen and oxygen atoms in total. The van der Waals surface area contributed by atoms with Gasteiger partial charge >= 0.3 is 0 Å². The van der Waals surface area contributed by atoms with Gasteiger partial charge in [-0.2, -0.15) is 0 Å². The zero-order valence-electron chi connectivity index (χ0n) is 34.4. The number of benzene rings is 9. The van der Waals surface area contributed by atoms with Crippen LogP contribution in [0.1, 0.15) is 22.3 Å². The highest BCUT2D eigenvalue weighted by molar-refractivity contribution is 6.06. The summed E-state index contributed by atoms with van der Waals surface area (Å²) in [5.41, 5.74) is 16.6. The molecule has 63 heavy (non-hydrogen) atoms. The van der Waals surface area contributed by atoms with E-state index in [0.717, 1.165) is 44.6 Å². The van der Waals surface area contributed by atoms with Crippen molar-refractivity contribution in [2.45, 2.75) is 5.41 Å². The molecule has 9 aromatic carbocycles. The molecule has 0 bridgehead atoms. The maximum atomic E-state index is 5.27. The van der Waals surface area contributed by atoms with E-state index >= 15 is 0 Å². The van der Waals surface area contributed by atoms with E-state index in [1.54, 1.807) is 6.20 Å². The second-order valence-electron chi connectivity index (χ2n) is 16.3. The van der Waals surface area contributed by atoms with Crippen molar-refractivity contribution in [3.63, 3.8) is 0 Å². The minimum Gasteiger partial charge on any atom is -0.264 e. The third-order valence-corrected chi connectivity index (χ3v) is 12.9. The lowest BCUT2D eigenvalue weighted by atomic mass is 9.66. The summed E-state index contributed by atoms with van der Waals surface area (Å²) in [7, 11) is 0. The van der Waals surface area contributed by atoms with Crippen molar-refractivity contribution in [1.82, 2.24) is 15.0 Å². The fraction of sp³-hybridized carbons (Fsp3) is 0.0167. The van der Waals surface area contributed by atoms with Crippen LogP contribution in [0, 0.1) is 0 Å². The minimum atomic E-state index is -0.501. The zero-order chi connectivity index (χ0) is 41.7. The number of hydrogen-bond acceptors (Lipinski definition) is 3. The third-order valence-electron chi connectivity index (χ3n) is 12.9. The summed E-state index contributed by atoms with van der Waals surface area (Å²) in [5, 5.41) is 4.83. The van der Waals surface area contributed by atoms with Crippen LogP contribution < -0.4 is 0 Å². The summed E-state index contributed by atoms with van der Waals surface area (Å²) in [6.45, 7) is 0. The van der Waals surface area contributed by atoms with Crippen molar-refractivity contribution in [3.05, 3.63) is 259 Å². The van der Waals surface area contributed by atoms with Crippen molar-refractivity contribution in [2.24, 2.45) is 0 Å². The van der Waals surface area contributed by atoms with Crippen LogP contribution in [0.25, 0.3) is 88.8 Å². The Morgan fingerprint density at radius 1 is 0.333 bits per heavy atom. The van der Waals surface area contributed by atoms with E-state index in [2.05, 4.69) is 205 Å². The van der Waals surface area contributed by atoms with Gasteiger partial charge in [0, 0.05) is 29.1 Å². The van der Waals surface area contributed by atoms with E-state index in [-0.39, 0.29) is 0 Å². The van der Waals surface area contributed by atoms with Crippen LogP contribution in [0.3, 0.4) is 0 Å². The van der Waals surface area contributed by atoms with Gasteiger partial charge in [0.05, 0.1) is 16.8 Å². The maximum absolute atomic E-state index is 5.27. The molecule has 0 saturated carbocycles. The third kappa shape index (κ3) is 6.01. The Bertz CT molecular complexity index is 3430. The Morgan fingerprint density at radius 2 is 0.905 bits per heavy atom. The van der Waals surface area contributed by atoms with Gasteiger partial charge in [-0.1, -0.05) is 206 Å². The molecule has 0 spiro atoms. The largest absolute Gasteiger partial charge is 0.264 e. The van der Waals surface area contributed by atoms with E-state index in [1.807, 2.05) is 30.5 Å². The number of nitrogens with zero attached hydrogens (tertiary/aromatic N) is 3. The van der Waals surface area contributed by atoms with Crippen LogP contribution in [0.15, 0.2) is 237 Å². The molecular weight excluding hydrogens is 763 g/mol.